The molecule has 2 unspecified atom stereocenters. The second kappa shape index (κ2) is 8.31. The SMILES string of the molecule is CCc1ccccc1NC(=O)NC1C[C@H]2CC[C@@H](C1)[NH+]2Cc1ccc(F)cc1. The van der Waals surface area contributed by atoms with Crippen molar-refractivity contribution in [1.82, 2.24) is 5.32 Å². The van der Waals surface area contributed by atoms with E-state index in [9.17, 15) is 9.18 Å². The Hall–Kier alpha value is -2.40. The maximum Gasteiger partial charge on any atom is 0.319 e. The molecule has 2 amide bonds. The van der Waals surface area contributed by atoms with Gasteiger partial charge in [0.05, 0.1) is 12.1 Å². The minimum absolute atomic E-state index is 0.104. The van der Waals surface area contributed by atoms with Crippen LogP contribution in [0, 0.1) is 5.82 Å². The molecule has 2 aromatic rings. The number of hydrogen-bond acceptors (Lipinski definition) is 1. The molecule has 5 heteroatoms. The third-order valence-corrected chi connectivity index (χ3v) is 6.35. The number of hydrogen-bond donors (Lipinski definition) is 3. The zero-order valence-corrected chi connectivity index (χ0v) is 16.4. The average molecular weight is 383 g/mol. The molecule has 148 valence electrons. The van der Waals surface area contributed by atoms with Gasteiger partial charge >= 0.3 is 6.03 Å². The van der Waals surface area contributed by atoms with Gasteiger partial charge in [0, 0.05) is 43.0 Å². The molecule has 2 aliphatic heterocycles. The standard InChI is InChI=1S/C23H28FN3O/c1-2-17-5-3-4-6-22(17)26-23(28)25-19-13-20-11-12-21(14-19)27(20)15-16-7-9-18(24)10-8-16/h3-10,19-21H,2,11-15H2,1H3,(H2,25,26,28)/p+1/t19?,20-,21+. The lowest BCUT2D eigenvalue weighted by molar-refractivity contribution is -0.954. The van der Waals surface area contributed by atoms with Crippen LogP contribution in [0.2, 0.25) is 0 Å². The van der Waals surface area contributed by atoms with Gasteiger partial charge in [0.2, 0.25) is 0 Å². The van der Waals surface area contributed by atoms with Gasteiger partial charge in [0.25, 0.3) is 0 Å². The summed E-state index contributed by atoms with van der Waals surface area (Å²) in [5.41, 5.74) is 3.23. The number of fused-ring (bicyclic) bond motifs is 2. The largest absolute Gasteiger partial charge is 0.335 e. The van der Waals surface area contributed by atoms with Crippen molar-refractivity contribution in [3.63, 3.8) is 0 Å². The number of urea groups is 1. The Morgan fingerprint density at radius 3 is 2.43 bits per heavy atom. The fraction of sp³-hybridized carbons (Fsp3) is 0.435. The first-order valence-electron chi connectivity index (χ1n) is 10.4. The summed E-state index contributed by atoms with van der Waals surface area (Å²) < 4.78 is 13.2. The number of aryl methyl sites for hydroxylation is 1. The van der Waals surface area contributed by atoms with E-state index in [-0.39, 0.29) is 17.9 Å². The molecule has 2 fully saturated rings. The molecule has 0 aromatic heterocycles. The smallest absolute Gasteiger partial charge is 0.319 e. The molecule has 2 aliphatic rings. The average Bonchev–Trinajstić information content (AvgIpc) is 2.92. The molecule has 28 heavy (non-hydrogen) atoms. The van der Waals surface area contributed by atoms with Gasteiger partial charge < -0.3 is 15.5 Å². The summed E-state index contributed by atoms with van der Waals surface area (Å²) in [5.74, 6) is -0.180. The van der Waals surface area contributed by atoms with Gasteiger partial charge in [-0.15, -0.1) is 0 Å². The van der Waals surface area contributed by atoms with E-state index >= 15 is 0 Å². The fourth-order valence-electron chi connectivity index (χ4n) is 4.97. The number of piperidine rings is 1. The predicted octanol–water partition coefficient (Wildman–Crippen LogP) is 3.29. The van der Waals surface area contributed by atoms with E-state index in [1.807, 2.05) is 36.4 Å². The molecule has 2 bridgehead atoms. The van der Waals surface area contributed by atoms with Gasteiger partial charge in [-0.1, -0.05) is 37.3 Å². The van der Waals surface area contributed by atoms with Crippen LogP contribution in [0.1, 0.15) is 43.7 Å². The predicted molar refractivity (Wildman–Crippen MR) is 109 cm³/mol. The van der Waals surface area contributed by atoms with Crippen molar-refractivity contribution in [2.24, 2.45) is 0 Å². The number of para-hydroxylation sites is 1. The zero-order chi connectivity index (χ0) is 19.5. The van der Waals surface area contributed by atoms with E-state index < -0.39 is 0 Å². The van der Waals surface area contributed by atoms with Crippen molar-refractivity contribution in [3.05, 3.63) is 65.5 Å². The zero-order valence-electron chi connectivity index (χ0n) is 16.4. The van der Waals surface area contributed by atoms with Crippen molar-refractivity contribution in [2.45, 2.75) is 63.7 Å². The monoisotopic (exact) mass is 382 g/mol. The maximum atomic E-state index is 13.2. The van der Waals surface area contributed by atoms with E-state index in [0.717, 1.165) is 37.1 Å². The molecule has 2 saturated heterocycles. The van der Waals surface area contributed by atoms with E-state index in [1.165, 1.54) is 18.4 Å². The van der Waals surface area contributed by atoms with E-state index in [2.05, 4.69) is 17.6 Å². The number of halogens is 1. The number of quaternary nitrogens is 1. The minimum atomic E-state index is -0.180. The summed E-state index contributed by atoms with van der Waals surface area (Å²) in [4.78, 5) is 14.1. The van der Waals surface area contributed by atoms with E-state index in [1.54, 1.807) is 17.0 Å². The molecule has 0 aliphatic carbocycles. The minimum Gasteiger partial charge on any atom is -0.335 e. The van der Waals surface area contributed by atoms with Crippen LogP contribution in [-0.4, -0.2) is 24.2 Å². The van der Waals surface area contributed by atoms with E-state index in [4.69, 9.17) is 0 Å². The molecule has 0 saturated carbocycles. The molecule has 4 nitrogen and oxygen atoms in total. The Bertz CT molecular complexity index is 809. The van der Waals surface area contributed by atoms with Crippen molar-refractivity contribution in [3.8, 4) is 0 Å². The summed E-state index contributed by atoms with van der Waals surface area (Å²) in [6.07, 6.45) is 5.33. The first-order valence-corrected chi connectivity index (χ1v) is 10.4. The van der Waals surface area contributed by atoms with Crippen LogP contribution >= 0.6 is 0 Å². The van der Waals surface area contributed by atoms with E-state index in [0.29, 0.717) is 12.1 Å². The normalized spacial score (nSPS) is 26.1. The van der Waals surface area contributed by atoms with Crippen LogP contribution < -0.4 is 15.5 Å². The summed E-state index contributed by atoms with van der Waals surface area (Å²) in [6.45, 7) is 3.04. The van der Waals surface area contributed by atoms with Crippen LogP contribution in [0.5, 0.6) is 0 Å². The third-order valence-electron chi connectivity index (χ3n) is 6.35. The van der Waals surface area contributed by atoms with Crippen molar-refractivity contribution >= 4 is 11.7 Å². The summed E-state index contributed by atoms with van der Waals surface area (Å²) in [7, 11) is 0. The van der Waals surface area contributed by atoms with Gasteiger partial charge in [-0.25, -0.2) is 9.18 Å². The Labute approximate surface area is 166 Å². The second-order valence-electron chi connectivity index (χ2n) is 8.13. The molecular formula is C23H29FN3O+. The Balaban J connectivity index is 1.34. The highest BCUT2D eigenvalue weighted by Gasteiger charge is 2.44. The van der Waals surface area contributed by atoms with Crippen LogP contribution in [0.3, 0.4) is 0 Å². The van der Waals surface area contributed by atoms with Gasteiger partial charge in [-0.2, -0.15) is 0 Å². The first kappa shape index (κ1) is 18.9. The molecule has 0 spiro atoms. The van der Waals surface area contributed by atoms with Gasteiger partial charge in [0.1, 0.15) is 12.4 Å². The number of carbonyl (C=O) groups is 1. The number of anilines is 1. The molecule has 4 rings (SSSR count). The summed E-state index contributed by atoms with van der Waals surface area (Å²) in [6, 6.07) is 16.1. The van der Waals surface area contributed by atoms with Crippen LogP contribution in [0.4, 0.5) is 14.9 Å². The summed E-state index contributed by atoms with van der Waals surface area (Å²) in [5, 5.41) is 6.22. The maximum absolute atomic E-state index is 13.2. The van der Waals surface area contributed by atoms with Gasteiger partial charge in [0.15, 0.2) is 0 Å². The van der Waals surface area contributed by atoms with Gasteiger partial charge in [-0.3, -0.25) is 0 Å². The molecule has 0 radical (unpaired) electrons. The molecule has 2 aromatic carbocycles. The van der Waals surface area contributed by atoms with Crippen LogP contribution in [0.15, 0.2) is 48.5 Å². The third kappa shape index (κ3) is 4.20. The molecule has 2 heterocycles. The number of rotatable bonds is 5. The Morgan fingerprint density at radius 2 is 1.75 bits per heavy atom. The fourth-order valence-corrected chi connectivity index (χ4v) is 4.97. The second-order valence-corrected chi connectivity index (χ2v) is 8.13. The van der Waals surface area contributed by atoms with Crippen molar-refractivity contribution in [1.29, 1.82) is 0 Å². The highest BCUT2D eigenvalue weighted by atomic mass is 19.1. The van der Waals surface area contributed by atoms with Crippen molar-refractivity contribution in [2.75, 3.05) is 5.32 Å². The number of nitrogens with one attached hydrogen (secondary N) is 3. The van der Waals surface area contributed by atoms with Crippen molar-refractivity contribution < 1.29 is 14.1 Å². The lowest BCUT2D eigenvalue weighted by atomic mass is 9.96. The molecular weight excluding hydrogens is 353 g/mol. The first-order chi connectivity index (χ1) is 13.6. The quantitative estimate of drug-likeness (QED) is 0.730. The Morgan fingerprint density at radius 1 is 1.07 bits per heavy atom. The lowest BCUT2D eigenvalue weighted by Gasteiger charge is -2.36. The Kier molecular flexibility index (Phi) is 5.62. The summed E-state index contributed by atoms with van der Waals surface area (Å²) >= 11 is 0. The highest BCUT2D eigenvalue weighted by molar-refractivity contribution is 5.90. The van der Waals surface area contributed by atoms with Gasteiger partial charge in [-0.05, 0) is 30.2 Å². The van der Waals surface area contributed by atoms with Crippen LogP contribution in [-0.2, 0) is 13.0 Å². The topological polar surface area (TPSA) is 45.6 Å². The number of carbonyl (C=O) groups excluding carboxylic acids is 1. The number of amides is 2. The highest BCUT2D eigenvalue weighted by Crippen LogP contribution is 2.24. The lowest BCUT2D eigenvalue weighted by Crippen LogP contribution is -3.17. The molecule has 4 atom stereocenters. The van der Waals surface area contributed by atoms with Crippen LogP contribution in [0.25, 0.3) is 0 Å². The molecule has 3 N–H and O–H groups in total. The number of benzene rings is 2.